The van der Waals surface area contributed by atoms with E-state index in [4.69, 9.17) is 16.3 Å². The van der Waals surface area contributed by atoms with Crippen molar-refractivity contribution in [3.05, 3.63) is 95.0 Å². The summed E-state index contributed by atoms with van der Waals surface area (Å²) in [5.41, 5.74) is 2.11. The second-order valence-electron chi connectivity index (χ2n) is 7.38. The maximum atomic E-state index is 11.3. The molecule has 0 bridgehead atoms. The van der Waals surface area contributed by atoms with E-state index in [9.17, 15) is 9.90 Å². The lowest BCUT2D eigenvalue weighted by Crippen LogP contribution is -2.37. The molecule has 0 fully saturated rings. The number of carboxylic acids is 1. The highest BCUT2D eigenvalue weighted by molar-refractivity contribution is 6.30. The van der Waals surface area contributed by atoms with Crippen molar-refractivity contribution in [2.24, 2.45) is 0 Å². The summed E-state index contributed by atoms with van der Waals surface area (Å²) in [7, 11) is 0. The number of nitrogens with zero attached hydrogens (tertiary/aromatic N) is 1. The van der Waals surface area contributed by atoms with Gasteiger partial charge in [-0.25, -0.2) is 4.79 Å². The van der Waals surface area contributed by atoms with E-state index < -0.39 is 11.6 Å². The molecule has 0 aliphatic heterocycles. The molecule has 5 heteroatoms. The first-order valence-electron chi connectivity index (χ1n) is 9.39. The zero-order chi connectivity index (χ0) is 20.9. The minimum Gasteiger partial charge on any atom is -0.478 e. The van der Waals surface area contributed by atoms with E-state index in [1.54, 1.807) is 0 Å². The van der Waals surface area contributed by atoms with Crippen LogP contribution in [0, 0.1) is 0 Å². The third-order valence-corrected chi connectivity index (χ3v) is 4.84. The fraction of sp³-hybridized carbons (Fsp3) is 0.208. The highest BCUT2D eigenvalue weighted by atomic mass is 35.5. The lowest BCUT2D eigenvalue weighted by molar-refractivity contribution is -0.152. The first-order valence-corrected chi connectivity index (χ1v) is 9.77. The molecule has 0 heterocycles. The van der Waals surface area contributed by atoms with Crippen LogP contribution in [0.3, 0.4) is 0 Å². The second-order valence-corrected chi connectivity index (χ2v) is 7.82. The molecule has 0 radical (unpaired) electrons. The first-order chi connectivity index (χ1) is 13.8. The van der Waals surface area contributed by atoms with Crippen molar-refractivity contribution >= 4 is 23.3 Å². The van der Waals surface area contributed by atoms with Crippen LogP contribution in [-0.2, 0) is 17.9 Å². The van der Waals surface area contributed by atoms with Gasteiger partial charge >= 0.3 is 5.97 Å². The van der Waals surface area contributed by atoms with E-state index in [0.29, 0.717) is 17.3 Å². The molecule has 0 spiro atoms. The number of hydrogen-bond donors (Lipinski definition) is 1. The van der Waals surface area contributed by atoms with Crippen LogP contribution in [0.15, 0.2) is 78.9 Å². The summed E-state index contributed by atoms with van der Waals surface area (Å²) in [5, 5.41) is 9.93. The van der Waals surface area contributed by atoms with Crippen LogP contribution in [0.5, 0.6) is 5.75 Å². The van der Waals surface area contributed by atoms with E-state index in [-0.39, 0.29) is 0 Å². The standard InChI is InChI=1S/C24H24ClNO3/c1-24(2,23(27)28)29-22-14-8-19(9-15-22)17-26(16-18-6-4-3-5-7-18)21-12-10-20(25)11-13-21/h3-15H,16-17H2,1-2H3,(H,27,28). The molecule has 0 amide bonds. The fourth-order valence-electron chi connectivity index (χ4n) is 2.92. The zero-order valence-corrected chi connectivity index (χ0v) is 17.3. The van der Waals surface area contributed by atoms with Crippen molar-refractivity contribution < 1.29 is 14.6 Å². The molecule has 3 aromatic carbocycles. The van der Waals surface area contributed by atoms with Gasteiger partial charge in [0, 0.05) is 23.8 Å². The number of anilines is 1. The minimum atomic E-state index is -1.27. The van der Waals surface area contributed by atoms with Gasteiger partial charge in [0.25, 0.3) is 0 Å². The van der Waals surface area contributed by atoms with Crippen molar-refractivity contribution in [1.29, 1.82) is 0 Å². The number of hydrogen-bond acceptors (Lipinski definition) is 3. The van der Waals surface area contributed by atoms with E-state index >= 15 is 0 Å². The van der Waals surface area contributed by atoms with Crippen molar-refractivity contribution in [3.8, 4) is 5.75 Å². The van der Waals surface area contributed by atoms with Crippen molar-refractivity contribution in [2.45, 2.75) is 32.5 Å². The zero-order valence-electron chi connectivity index (χ0n) is 16.5. The van der Waals surface area contributed by atoms with Gasteiger partial charge in [-0.15, -0.1) is 0 Å². The number of carboxylic acid groups (broad SMARTS) is 1. The van der Waals surface area contributed by atoms with Crippen LogP contribution < -0.4 is 9.64 Å². The number of halogens is 1. The molecule has 0 aromatic heterocycles. The van der Waals surface area contributed by atoms with Gasteiger partial charge in [0.15, 0.2) is 5.60 Å². The Morgan fingerprint density at radius 1 is 0.897 bits per heavy atom. The first kappa shape index (κ1) is 20.7. The Bertz CT molecular complexity index is 938. The SMILES string of the molecule is CC(C)(Oc1ccc(CN(Cc2ccccc2)c2ccc(Cl)cc2)cc1)C(=O)O. The number of carbonyl (C=O) groups is 1. The summed E-state index contributed by atoms with van der Waals surface area (Å²) in [4.78, 5) is 13.5. The monoisotopic (exact) mass is 409 g/mol. The smallest absolute Gasteiger partial charge is 0.347 e. The van der Waals surface area contributed by atoms with Gasteiger partial charge in [-0.05, 0) is 61.4 Å². The molecule has 3 aromatic rings. The minimum absolute atomic E-state index is 0.530. The van der Waals surface area contributed by atoms with Gasteiger partial charge < -0.3 is 14.7 Å². The maximum absolute atomic E-state index is 11.3. The van der Waals surface area contributed by atoms with Crippen molar-refractivity contribution in [1.82, 2.24) is 0 Å². The number of benzene rings is 3. The lowest BCUT2D eigenvalue weighted by atomic mass is 10.1. The molecule has 0 saturated carbocycles. The molecule has 0 atom stereocenters. The quantitative estimate of drug-likeness (QED) is 0.511. The fourth-order valence-corrected chi connectivity index (χ4v) is 3.04. The number of rotatable bonds is 8. The van der Waals surface area contributed by atoms with Crippen LogP contribution in [-0.4, -0.2) is 16.7 Å². The molecule has 29 heavy (non-hydrogen) atoms. The van der Waals surface area contributed by atoms with Gasteiger partial charge in [-0.1, -0.05) is 54.1 Å². The average Bonchev–Trinajstić information content (AvgIpc) is 2.70. The Morgan fingerprint density at radius 3 is 2.00 bits per heavy atom. The van der Waals surface area contributed by atoms with Crippen LogP contribution in [0.4, 0.5) is 5.69 Å². The molecular weight excluding hydrogens is 386 g/mol. The molecule has 0 aliphatic carbocycles. The predicted molar refractivity (Wildman–Crippen MR) is 117 cm³/mol. The maximum Gasteiger partial charge on any atom is 0.347 e. The Labute approximate surface area is 176 Å². The molecule has 4 nitrogen and oxygen atoms in total. The van der Waals surface area contributed by atoms with Crippen LogP contribution in [0.2, 0.25) is 5.02 Å². The Kier molecular flexibility index (Phi) is 6.45. The highest BCUT2D eigenvalue weighted by Gasteiger charge is 2.29. The Balaban J connectivity index is 1.78. The molecular formula is C24H24ClNO3. The van der Waals surface area contributed by atoms with Gasteiger partial charge in [0.05, 0.1) is 0 Å². The van der Waals surface area contributed by atoms with Crippen LogP contribution >= 0.6 is 11.6 Å². The molecule has 1 N–H and O–H groups in total. The van der Waals surface area contributed by atoms with Crippen LogP contribution in [0.1, 0.15) is 25.0 Å². The van der Waals surface area contributed by atoms with E-state index in [1.165, 1.54) is 19.4 Å². The van der Waals surface area contributed by atoms with Crippen molar-refractivity contribution in [2.75, 3.05) is 4.90 Å². The second kappa shape index (κ2) is 9.01. The molecule has 150 valence electrons. The largest absolute Gasteiger partial charge is 0.478 e. The molecule has 0 unspecified atom stereocenters. The molecule has 0 aliphatic rings. The summed E-state index contributed by atoms with van der Waals surface area (Å²) in [5.74, 6) is -0.472. The van der Waals surface area contributed by atoms with E-state index in [0.717, 1.165) is 17.8 Å². The van der Waals surface area contributed by atoms with E-state index in [2.05, 4.69) is 17.0 Å². The van der Waals surface area contributed by atoms with Gasteiger partial charge in [-0.2, -0.15) is 0 Å². The Hall–Kier alpha value is -2.98. The van der Waals surface area contributed by atoms with Crippen LogP contribution in [0.25, 0.3) is 0 Å². The summed E-state index contributed by atoms with van der Waals surface area (Å²) < 4.78 is 5.59. The lowest BCUT2D eigenvalue weighted by Gasteiger charge is -2.26. The normalized spacial score (nSPS) is 11.1. The predicted octanol–water partition coefficient (Wildman–Crippen LogP) is 5.79. The topological polar surface area (TPSA) is 49.8 Å². The van der Waals surface area contributed by atoms with E-state index in [1.807, 2.05) is 66.7 Å². The van der Waals surface area contributed by atoms with Gasteiger partial charge in [0.2, 0.25) is 0 Å². The van der Waals surface area contributed by atoms with Gasteiger partial charge in [-0.3, -0.25) is 0 Å². The number of ether oxygens (including phenoxy) is 1. The number of aliphatic carboxylic acids is 1. The molecule has 3 rings (SSSR count). The average molecular weight is 410 g/mol. The summed E-state index contributed by atoms with van der Waals surface area (Å²) in [6, 6.07) is 25.6. The third kappa shape index (κ3) is 5.75. The van der Waals surface area contributed by atoms with Gasteiger partial charge in [0.1, 0.15) is 5.75 Å². The molecule has 0 saturated heterocycles. The van der Waals surface area contributed by atoms with Crippen molar-refractivity contribution in [3.63, 3.8) is 0 Å². The summed E-state index contributed by atoms with van der Waals surface area (Å²) in [6.45, 7) is 4.52. The summed E-state index contributed by atoms with van der Waals surface area (Å²) in [6.07, 6.45) is 0. The Morgan fingerprint density at radius 2 is 1.45 bits per heavy atom. The third-order valence-electron chi connectivity index (χ3n) is 4.59. The summed E-state index contributed by atoms with van der Waals surface area (Å²) >= 11 is 6.05. The highest BCUT2D eigenvalue weighted by Crippen LogP contribution is 2.24.